The first-order chi connectivity index (χ1) is 8.61. The molecule has 5 heteroatoms. The molecule has 2 rings (SSSR count). The van der Waals surface area contributed by atoms with Crippen LogP contribution in [0.1, 0.15) is 5.56 Å². The van der Waals surface area contributed by atoms with Gasteiger partial charge in [0, 0.05) is 0 Å². The molecule has 0 saturated carbocycles. The first kappa shape index (κ1) is 12.3. The first-order valence-electron chi connectivity index (χ1n) is 5.02. The number of hydrogen-bond donors (Lipinski definition) is 1. The maximum absolute atomic E-state index is 13.5. The summed E-state index contributed by atoms with van der Waals surface area (Å²) < 4.78 is 26.5. The van der Waals surface area contributed by atoms with Gasteiger partial charge in [-0.3, -0.25) is 0 Å². The van der Waals surface area contributed by atoms with Gasteiger partial charge in [0.2, 0.25) is 0 Å². The predicted octanol–water partition coefficient (Wildman–Crippen LogP) is 4.23. The fourth-order valence-electron chi connectivity index (χ4n) is 1.47. The second kappa shape index (κ2) is 5.03. The summed E-state index contributed by atoms with van der Waals surface area (Å²) in [6, 6.07) is 9.66. The van der Waals surface area contributed by atoms with E-state index in [1.165, 1.54) is 30.3 Å². The van der Waals surface area contributed by atoms with Gasteiger partial charge in [-0.1, -0.05) is 17.7 Å². The van der Waals surface area contributed by atoms with Crippen molar-refractivity contribution in [1.82, 2.24) is 0 Å². The summed E-state index contributed by atoms with van der Waals surface area (Å²) in [7, 11) is 0. The third kappa shape index (κ3) is 2.41. The van der Waals surface area contributed by atoms with Crippen molar-refractivity contribution in [1.29, 1.82) is 5.26 Å². The van der Waals surface area contributed by atoms with Gasteiger partial charge in [0.05, 0.1) is 22.0 Å². The molecule has 0 atom stereocenters. The van der Waals surface area contributed by atoms with Gasteiger partial charge in [-0.2, -0.15) is 5.26 Å². The molecule has 0 heterocycles. The molecule has 0 aromatic heterocycles. The number of anilines is 2. The molecule has 0 unspecified atom stereocenters. The third-order valence-corrected chi connectivity index (χ3v) is 2.64. The summed E-state index contributed by atoms with van der Waals surface area (Å²) in [5, 5.41) is 11.8. The van der Waals surface area contributed by atoms with Gasteiger partial charge in [-0.25, -0.2) is 8.78 Å². The molecule has 0 aliphatic rings. The summed E-state index contributed by atoms with van der Waals surface area (Å²) in [4.78, 5) is 0. The molecular formula is C13H7ClF2N2. The second-order valence-electron chi connectivity index (χ2n) is 3.52. The molecule has 2 nitrogen and oxygen atoms in total. The molecule has 18 heavy (non-hydrogen) atoms. The van der Waals surface area contributed by atoms with E-state index in [9.17, 15) is 8.78 Å². The van der Waals surface area contributed by atoms with Gasteiger partial charge in [0.25, 0.3) is 0 Å². The average molecular weight is 265 g/mol. The summed E-state index contributed by atoms with van der Waals surface area (Å²) in [6.07, 6.45) is 0. The van der Waals surface area contributed by atoms with E-state index < -0.39 is 11.6 Å². The molecule has 0 aliphatic carbocycles. The van der Waals surface area contributed by atoms with Crippen LogP contribution >= 0.6 is 11.6 Å². The Morgan fingerprint density at radius 1 is 1.17 bits per heavy atom. The van der Waals surface area contributed by atoms with Crippen molar-refractivity contribution >= 4 is 23.0 Å². The van der Waals surface area contributed by atoms with E-state index in [-0.39, 0.29) is 16.3 Å². The largest absolute Gasteiger partial charge is 0.351 e. The van der Waals surface area contributed by atoms with Crippen LogP contribution in [0.15, 0.2) is 36.4 Å². The molecule has 90 valence electrons. The van der Waals surface area contributed by atoms with Crippen LogP contribution < -0.4 is 5.32 Å². The van der Waals surface area contributed by atoms with Crippen LogP contribution in [0.5, 0.6) is 0 Å². The molecule has 1 N–H and O–H groups in total. The zero-order valence-corrected chi connectivity index (χ0v) is 9.80. The van der Waals surface area contributed by atoms with E-state index in [1.807, 2.05) is 6.07 Å². The Morgan fingerprint density at radius 2 is 1.94 bits per heavy atom. The van der Waals surface area contributed by atoms with E-state index in [2.05, 4.69) is 5.32 Å². The normalized spacial score (nSPS) is 9.89. The van der Waals surface area contributed by atoms with Crippen LogP contribution in [0.2, 0.25) is 5.02 Å². The Labute approximate surface area is 107 Å². The van der Waals surface area contributed by atoms with Crippen molar-refractivity contribution in [2.75, 3.05) is 5.32 Å². The van der Waals surface area contributed by atoms with Crippen molar-refractivity contribution < 1.29 is 8.78 Å². The highest BCUT2D eigenvalue weighted by molar-refractivity contribution is 6.33. The Hall–Kier alpha value is -2.12. The van der Waals surface area contributed by atoms with Crippen molar-refractivity contribution in [2.24, 2.45) is 0 Å². The van der Waals surface area contributed by atoms with E-state index in [4.69, 9.17) is 16.9 Å². The molecule has 2 aromatic carbocycles. The lowest BCUT2D eigenvalue weighted by atomic mass is 10.2. The molecule has 0 saturated heterocycles. The SMILES string of the molecule is N#Cc1cc(F)ccc1Nc1c(F)cccc1Cl. The van der Waals surface area contributed by atoms with Crippen LogP contribution in [0, 0.1) is 23.0 Å². The number of nitriles is 1. The van der Waals surface area contributed by atoms with E-state index in [1.54, 1.807) is 0 Å². The van der Waals surface area contributed by atoms with Crippen molar-refractivity contribution in [3.63, 3.8) is 0 Å². The fraction of sp³-hybridized carbons (Fsp3) is 0. The van der Waals surface area contributed by atoms with E-state index in [0.29, 0.717) is 5.69 Å². The van der Waals surface area contributed by atoms with Gasteiger partial charge in [-0.05, 0) is 30.3 Å². The zero-order valence-electron chi connectivity index (χ0n) is 9.05. The minimum Gasteiger partial charge on any atom is -0.351 e. The lowest BCUT2D eigenvalue weighted by molar-refractivity contribution is 0.627. The highest BCUT2D eigenvalue weighted by Gasteiger charge is 2.10. The quantitative estimate of drug-likeness (QED) is 0.881. The van der Waals surface area contributed by atoms with E-state index >= 15 is 0 Å². The molecule has 0 fully saturated rings. The minimum absolute atomic E-state index is 0.0577. The summed E-state index contributed by atoms with van der Waals surface area (Å²) >= 11 is 5.85. The summed E-state index contributed by atoms with van der Waals surface area (Å²) in [5.41, 5.74) is 0.433. The smallest absolute Gasteiger partial charge is 0.148 e. The highest BCUT2D eigenvalue weighted by atomic mass is 35.5. The van der Waals surface area contributed by atoms with Gasteiger partial charge >= 0.3 is 0 Å². The Bertz CT molecular complexity index is 615. The first-order valence-corrected chi connectivity index (χ1v) is 5.40. The lowest BCUT2D eigenvalue weighted by Crippen LogP contribution is -1.97. The molecule has 0 radical (unpaired) electrons. The summed E-state index contributed by atoms with van der Waals surface area (Å²) in [5.74, 6) is -1.08. The number of nitrogens with one attached hydrogen (secondary N) is 1. The maximum atomic E-state index is 13.5. The monoisotopic (exact) mass is 264 g/mol. The Balaban J connectivity index is 2.44. The van der Waals surface area contributed by atoms with Gasteiger partial charge < -0.3 is 5.32 Å². The van der Waals surface area contributed by atoms with Crippen LogP contribution in [0.25, 0.3) is 0 Å². The Kier molecular flexibility index (Phi) is 3.45. The average Bonchev–Trinajstić information content (AvgIpc) is 2.35. The minimum atomic E-state index is -0.546. The molecular weight excluding hydrogens is 258 g/mol. The van der Waals surface area contributed by atoms with Gasteiger partial charge in [0.1, 0.15) is 17.7 Å². The molecule has 0 amide bonds. The number of para-hydroxylation sites is 1. The second-order valence-corrected chi connectivity index (χ2v) is 3.93. The maximum Gasteiger partial charge on any atom is 0.148 e. The molecule has 0 aliphatic heterocycles. The van der Waals surface area contributed by atoms with Gasteiger partial charge in [-0.15, -0.1) is 0 Å². The highest BCUT2D eigenvalue weighted by Crippen LogP contribution is 2.29. The van der Waals surface area contributed by atoms with E-state index in [0.717, 1.165) is 6.07 Å². The number of halogens is 3. The number of rotatable bonds is 2. The van der Waals surface area contributed by atoms with Gasteiger partial charge in [0.15, 0.2) is 0 Å². The molecule has 0 spiro atoms. The number of hydrogen-bond acceptors (Lipinski definition) is 2. The predicted molar refractivity (Wildman–Crippen MR) is 65.8 cm³/mol. The zero-order chi connectivity index (χ0) is 13.1. The van der Waals surface area contributed by atoms with Crippen molar-refractivity contribution in [3.8, 4) is 6.07 Å². The summed E-state index contributed by atoms with van der Waals surface area (Å²) in [6.45, 7) is 0. The fourth-order valence-corrected chi connectivity index (χ4v) is 1.68. The number of nitrogens with zero attached hydrogens (tertiary/aromatic N) is 1. The van der Waals surface area contributed by atoms with Crippen LogP contribution in [-0.2, 0) is 0 Å². The lowest BCUT2D eigenvalue weighted by Gasteiger charge is -2.10. The number of benzene rings is 2. The third-order valence-electron chi connectivity index (χ3n) is 2.32. The standard InChI is InChI=1S/C13H7ClF2N2/c14-10-2-1-3-11(16)13(10)18-12-5-4-9(15)6-8(12)7-17/h1-6,18H. The van der Waals surface area contributed by atoms with Crippen LogP contribution in [-0.4, -0.2) is 0 Å². The van der Waals surface area contributed by atoms with Crippen molar-refractivity contribution in [3.05, 3.63) is 58.6 Å². The van der Waals surface area contributed by atoms with Crippen molar-refractivity contribution in [2.45, 2.75) is 0 Å². The van der Waals surface area contributed by atoms with Crippen LogP contribution in [0.4, 0.5) is 20.2 Å². The van der Waals surface area contributed by atoms with Crippen LogP contribution in [0.3, 0.4) is 0 Å². The topological polar surface area (TPSA) is 35.8 Å². The molecule has 2 aromatic rings. The Morgan fingerprint density at radius 3 is 2.61 bits per heavy atom. The molecule has 0 bridgehead atoms.